The van der Waals surface area contributed by atoms with Gasteiger partial charge in [-0.3, -0.25) is 0 Å². The summed E-state index contributed by atoms with van der Waals surface area (Å²) >= 11 is 6.37. The van der Waals surface area contributed by atoms with E-state index in [-0.39, 0.29) is 16.7 Å². The second-order valence-electron chi connectivity index (χ2n) is 6.56. The average molecular weight is 456 g/mol. The number of benzene rings is 3. The van der Waals surface area contributed by atoms with E-state index in [0.717, 1.165) is 5.56 Å². The van der Waals surface area contributed by atoms with Crippen LogP contribution in [0.1, 0.15) is 17.5 Å². The Morgan fingerprint density at radius 1 is 0.935 bits per heavy atom. The van der Waals surface area contributed by atoms with Crippen molar-refractivity contribution in [2.24, 2.45) is 0 Å². The highest BCUT2D eigenvalue weighted by Gasteiger charge is 2.29. The Morgan fingerprint density at radius 2 is 1.61 bits per heavy atom. The molecule has 0 aliphatic rings. The number of halogens is 1. The molecular weight excluding hydrogens is 438 g/mol. The number of hydrogen-bond acceptors (Lipinski definition) is 6. The summed E-state index contributed by atoms with van der Waals surface area (Å²) in [6.45, 7) is 0. The predicted octanol–water partition coefficient (Wildman–Crippen LogP) is 4.47. The highest BCUT2D eigenvalue weighted by molar-refractivity contribution is 7.89. The standard InChI is InChI=1S/C22H18ClN3O4S/c1-29-16-11-13-17(14-12-16)31(27,28)26-20(18-9-5-6-10-19(18)23)22-25-24-21(30-22)15-7-3-2-4-8-15/h2-14,20,26H,1H3/t20-/m1/s1. The molecule has 1 N–H and O–H groups in total. The minimum absolute atomic E-state index is 0.0631. The number of hydrogen-bond donors (Lipinski definition) is 1. The van der Waals surface area contributed by atoms with Gasteiger partial charge in [0, 0.05) is 10.6 Å². The molecule has 0 amide bonds. The van der Waals surface area contributed by atoms with Crippen molar-refractivity contribution in [3.63, 3.8) is 0 Å². The monoisotopic (exact) mass is 455 g/mol. The summed E-state index contributed by atoms with van der Waals surface area (Å²) in [6, 6.07) is 21.1. The molecule has 9 heteroatoms. The van der Waals surface area contributed by atoms with Crippen LogP contribution in [-0.4, -0.2) is 25.7 Å². The molecule has 0 saturated heterocycles. The van der Waals surface area contributed by atoms with Crippen LogP contribution in [0.3, 0.4) is 0 Å². The van der Waals surface area contributed by atoms with Crippen molar-refractivity contribution < 1.29 is 17.6 Å². The Hall–Kier alpha value is -3.20. The first kappa shape index (κ1) is 21.0. The fraction of sp³-hybridized carbons (Fsp3) is 0.0909. The quantitative estimate of drug-likeness (QED) is 0.442. The van der Waals surface area contributed by atoms with Crippen LogP contribution in [0.5, 0.6) is 5.75 Å². The van der Waals surface area contributed by atoms with Crippen LogP contribution >= 0.6 is 11.6 Å². The molecule has 3 aromatic carbocycles. The highest BCUT2D eigenvalue weighted by atomic mass is 35.5. The molecule has 1 aromatic heterocycles. The van der Waals surface area contributed by atoms with Crippen LogP contribution < -0.4 is 9.46 Å². The summed E-state index contributed by atoms with van der Waals surface area (Å²) in [4.78, 5) is 0.0631. The first-order valence-corrected chi connectivity index (χ1v) is 11.1. The first-order valence-electron chi connectivity index (χ1n) is 9.27. The van der Waals surface area contributed by atoms with E-state index in [1.54, 1.807) is 36.4 Å². The molecule has 4 rings (SSSR count). The highest BCUT2D eigenvalue weighted by Crippen LogP contribution is 2.31. The van der Waals surface area contributed by atoms with Gasteiger partial charge in [0.2, 0.25) is 21.8 Å². The summed E-state index contributed by atoms with van der Waals surface area (Å²) in [5.74, 6) is 0.895. The van der Waals surface area contributed by atoms with Gasteiger partial charge in [-0.2, -0.15) is 4.72 Å². The van der Waals surface area contributed by atoms with Crippen molar-refractivity contribution in [1.29, 1.82) is 0 Å². The maximum absolute atomic E-state index is 13.1. The third kappa shape index (κ3) is 4.61. The van der Waals surface area contributed by atoms with E-state index in [1.165, 1.54) is 19.2 Å². The topological polar surface area (TPSA) is 94.3 Å². The SMILES string of the molecule is COc1ccc(S(=O)(=O)N[C@@H](c2nnc(-c3ccccc3)o2)c2ccccc2Cl)cc1. The second kappa shape index (κ2) is 8.89. The Bertz CT molecular complexity index is 1280. The fourth-order valence-corrected chi connectivity index (χ4v) is 4.40. The van der Waals surface area contributed by atoms with Crippen LogP contribution in [0.15, 0.2) is 88.2 Å². The van der Waals surface area contributed by atoms with Crippen LogP contribution in [0.25, 0.3) is 11.5 Å². The molecule has 0 bridgehead atoms. The molecule has 4 aromatic rings. The number of nitrogens with zero attached hydrogens (tertiary/aromatic N) is 2. The molecule has 0 aliphatic carbocycles. The van der Waals surface area contributed by atoms with Gasteiger partial charge in [-0.1, -0.05) is 48.0 Å². The maximum Gasteiger partial charge on any atom is 0.247 e. The Kier molecular flexibility index (Phi) is 6.03. The third-order valence-electron chi connectivity index (χ3n) is 4.57. The number of nitrogens with one attached hydrogen (secondary N) is 1. The molecule has 7 nitrogen and oxygen atoms in total. The third-order valence-corrected chi connectivity index (χ3v) is 6.35. The molecule has 0 fully saturated rings. The van der Waals surface area contributed by atoms with Crippen molar-refractivity contribution in [2.45, 2.75) is 10.9 Å². The lowest BCUT2D eigenvalue weighted by Crippen LogP contribution is -2.30. The van der Waals surface area contributed by atoms with Gasteiger partial charge in [0.1, 0.15) is 11.8 Å². The lowest BCUT2D eigenvalue weighted by atomic mass is 10.1. The zero-order valence-electron chi connectivity index (χ0n) is 16.4. The van der Waals surface area contributed by atoms with Gasteiger partial charge >= 0.3 is 0 Å². The summed E-state index contributed by atoms with van der Waals surface area (Å²) in [7, 11) is -2.44. The Balaban J connectivity index is 1.74. The van der Waals surface area contributed by atoms with Gasteiger partial charge in [0.15, 0.2) is 0 Å². The maximum atomic E-state index is 13.1. The minimum atomic E-state index is -3.94. The first-order chi connectivity index (χ1) is 15.0. The lowest BCUT2D eigenvalue weighted by Gasteiger charge is -2.17. The van der Waals surface area contributed by atoms with E-state index in [2.05, 4.69) is 14.9 Å². The number of ether oxygens (including phenoxy) is 1. The van der Waals surface area contributed by atoms with Gasteiger partial charge in [0.05, 0.1) is 12.0 Å². The number of rotatable bonds is 7. The van der Waals surface area contributed by atoms with Crippen molar-refractivity contribution in [2.75, 3.05) is 7.11 Å². The molecule has 0 aliphatic heterocycles. The van der Waals surface area contributed by atoms with Crippen molar-refractivity contribution in [1.82, 2.24) is 14.9 Å². The number of aromatic nitrogens is 2. The summed E-state index contributed by atoms with van der Waals surface area (Å²) in [5.41, 5.74) is 1.21. The van der Waals surface area contributed by atoms with Crippen LogP contribution in [0.2, 0.25) is 5.02 Å². The Morgan fingerprint density at radius 3 is 2.29 bits per heavy atom. The summed E-state index contributed by atoms with van der Waals surface area (Å²) in [6.07, 6.45) is 0. The minimum Gasteiger partial charge on any atom is -0.497 e. The largest absolute Gasteiger partial charge is 0.497 e. The van der Waals surface area contributed by atoms with Crippen molar-refractivity contribution in [3.05, 3.63) is 95.3 Å². The van der Waals surface area contributed by atoms with Gasteiger partial charge in [-0.05, 0) is 48.0 Å². The fourth-order valence-electron chi connectivity index (χ4n) is 2.98. The van der Waals surface area contributed by atoms with Crippen molar-refractivity contribution >= 4 is 21.6 Å². The van der Waals surface area contributed by atoms with Gasteiger partial charge in [-0.25, -0.2) is 8.42 Å². The zero-order valence-corrected chi connectivity index (χ0v) is 18.0. The molecule has 1 heterocycles. The predicted molar refractivity (Wildman–Crippen MR) is 116 cm³/mol. The number of methoxy groups -OCH3 is 1. The van der Waals surface area contributed by atoms with E-state index >= 15 is 0 Å². The summed E-state index contributed by atoms with van der Waals surface area (Å²) < 4.78 is 39.7. The molecule has 1 atom stereocenters. The van der Waals surface area contributed by atoms with E-state index in [9.17, 15) is 8.42 Å². The summed E-state index contributed by atoms with van der Waals surface area (Å²) in [5, 5.41) is 8.54. The van der Waals surface area contributed by atoms with Crippen LogP contribution in [-0.2, 0) is 10.0 Å². The molecule has 0 saturated carbocycles. The van der Waals surface area contributed by atoms with Gasteiger partial charge in [0.25, 0.3) is 0 Å². The molecule has 0 spiro atoms. The van der Waals surface area contributed by atoms with E-state index < -0.39 is 16.1 Å². The van der Waals surface area contributed by atoms with E-state index in [4.69, 9.17) is 20.8 Å². The Labute approximate surface area is 184 Å². The van der Waals surface area contributed by atoms with Gasteiger partial charge in [-0.15, -0.1) is 10.2 Å². The molecule has 0 unspecified atom stereocenters. The van der Waals surface area contributed by atoms with Crippen LogP contribution in [0, 0.1) is 0 Å². The van der Waals surface area contributed by atoms with Crippen molar-refractivity contribution in [3.8, 4) is 17.2 Å². The van der Waals surface area contributed by atoms with E-state index in [0.29, 0.717) is 16.3 Å². The number of sulfonamides is 1. The average Bonchev–Trinajstić information content (AvgIpc) is 3.29. The molecular formula is C22H18ClN3O4S. The second-order valence-corrected chi connectivity index (χ2v) is 8.68. The molecule has 31 heavy (non-hydrogen) atoms. The lowest BCUT2D eigenvalue weighted by molar-refractivity contribution is 0.414. The zero-order chi connectivity index (χ0) is 21.8. The van der Waals surface area contributed by atoms with Gasteiger partial charge < -0.3 is 9.15 Å². The molecule has 0 radical (unpaired) electrons. The molecule has 158 valence electrons. The smallest absolute Gasteiger partial charge is 0.247 e. The van der Waals surface area contributed by atoms with E-state index in [1.807, 2.05) is 30.3 Å². The normalized spacial score (nSPS) is 12.5. The van der Waals surface area contributed by atoms with Crippen LogP contribution in [0.4, 0.5) is 0 Å².